The Morgan fingerprint density at radius 3 is 2.18 bits per heavy atom. The van der Waals surface area contributed by atoms with Gasteiger partial charge >= 0.3 is 35.8 Å². The molecule has 0 saturated carbocycles. The lowest BCUT2D eigenvalue weighted by molar-refractivity contribution is -0.183. The van der Waals surface area contributed by atoms with Crippen LogP contribution in [0.15, 0.2) is 25.2 Å². The van der Waals surface area contributed by atoms with Crippen LogP contribution in [0.1, 0.15) is 59.2 Å². The van der Waals surface area contributed by atoms with Crippen molar-refractivity contribution in [1.29, 1.82) is 0 Å². The summed E-state index contributed by atoms with van der Waals surface area (Å²) < 4.78 is 48.3. The number of esters is 6. The van der Waals surface area contributed by atoms with Crippen molar-refractivity contribution in [2.45, 2.75) is 90.3 Å². The van der Waals surface area contributed by atoms with Gasteiger partial charge < -0.3 is 42.0 Å². The van der Waals surface area contributed by atoms with E-state index in [1.54, 1.807) is 13.0 Å². The second-order valence-corrected chi connectivity index (χ2v) is 11.6. The first-order chi connectivity index (χ1) is 24.0. The molecule has 3 rings (SSSR count). The number of hydrazone groups is 1. The van der Waals surface area contributed by atoms with Gasteiger partial charge in [-0.2, -0.15) is 5.10 Å². The van der Waals surface area contributed by atoms with E-state index in [0.29, 0.717) is 11.3 Å². The van der Waals surface area contributed by atoms with Crippen molar-refractivity contribution in [2.75, 3.05) is 19.0 Å². The number of carbonyl (C=O) groups excluding carboxylic acids is 7. The van der Waals surface area contributed by atoms with E-state index < -0.39 is 85.0 Å². The van der Waals surface area contributed by atoms with Crippen molar-refractivity contribution in [3.63, 3.8) is 0 Å². The van der Waals surface area contributed by atoms with E-state index in [9.17, 15) is 33.6 Å². The lowest BCUT2D eigenvalue weighted by Gasteiger charge is -2.29. The van der Waals surface area contributed by atoms with E-state index in [-0.39, 0.29) is 29.2 Å². The lowest BCUT2D eigenvalue weighted by atomic mass is 10.1. The normalized spacial score (nSPS) is 18.6. The summed E-state index contributed by atoms with van der Waals surface area (Å²) in [6.45, 7) is 7.75. The van der Waals surface area contributed by atoms with E-state index in [4.69, 9.17) is 42.0 Å². The molecule has 2 aromatic heterocycles. The highest BCUT2D eigenvalue weighted by Crippen LogP contribution is 2.38. The third kappa shape index (κ3) is 12.5. The number of aromatic nitrogens is 2. The number of thioether (sulfide) groups is 1. The molecule has 1 aliphatic rings. The number of nitrogens with zero attached hydrogens (tertiary/aromatic N) is 3. The number of ether oxygens (including phenoxy) is 7. The first-order valence-electron chi connectivity index (χ1n) is 15.0. The number of amides is 1. The second-order valence-electron chi connectivity index (χ2n) is 10.7. The lowest BCUT2D eigenvalue weighted by Crippen LogP contribution is -2.48. The van der Waals surface area contributed by atoms with Crippen LogP contribution < -0.4 is 5.43 Å². The van der Waals surface area contributed by atoms with E-state index in [0.717, 1.165) is 45.7 Å². The van der Waals surface area contributed by atoms with Crippen molar-refractivity contribution in [1.82, 2.24) is 15.6 Å². The molecule has 20 nitrogen and oxygen atoms in total. The largest absolute Gasteiger partial charge is 0.463 e. The highest BCUT2D eigenvalue weighted by atomic mass is 32.2. The smallest absolute Gasteiger partial charge is 0.303 e. The minimum atomic E-state index is -1.52. The Balaban J connectivity index is 1.67. The average Bonchev–Trinajstić information content (AvgIpc) is 3.74. The van der Waals surface area contributed by atoms with Crippen LogP contribution >= 0.6 is 11.8 Å². The van der Waals surface area contributed by atoms with Gasteiger partial charge in [0.05, 0.1) is 24.1 Å². The number of nitrogens with one attached hydrogen (secondary N) is 1. The van der Waals surface area contributed by atoms with Crippen LogP contribution in [0.5, 0.6) is 0 Å². The summed E-state index contributed by atoms with van der Waals surface area (Å²) in [4.78, 5) is 82.5. The predicted octanol–water partition coefficient (Wildman–Crippen LogP) is 1.13. The summed E-state index contributed by atoms with van der Waals surface area (Å²) in [5.41, 5.74) is 2.60. The van der Waals surface area contributed by atoms with Gasteiger partial charge in [-0.15, -0.1) is 10.2 Å². The molecule has 278 valence electrons. The molecule has 0 bridgehead atoms. The summed E-state index contributed by atoms with van der Waals surface area (Å²) >= 11 is 0.852. The Labute approximate surface area is 294 Å². The zero-order valence-corrected chi connectivity index (χ0v) is 29.3. The Hall–Kier alpha value is -5.31. The quantitative estimate of drug-likeness (QED) is 0.0831. The second kappa shape index (κ2) is 18.6. The van der Waals surface area contributed by atoms with Crippen LogP contribution in [-0.4, -0.2) is 108 Å². The Bertz CT molecular complexity index is 1640. The fourth-order valence-corrected chi connectivity index (χ4v) is 5.13. The standard InChI is InChI=1S/C30H36N4O16S/c1-13-20(8-21(44-13)27-28(49-19(7)40)24(11-43-27)47-17(5)38)29-33-34-30(50-29)51-12-25(41)32-31-9-22(45-15(3)36)26(48-18(6)39)23(46-16(4)37)10-42-14(2)35/h8-9,22-24,26-28H,10-12H2,1-7H3,(H,32,41)/b31-9+/t22-,23+,24+,26-,27-,28+/m0/s1. The molecule has 0 spiro atoms. The Morgan fingerprint density at radius 2 is 1.57 bits per heavy atom. The fourth-order valence-electron chi connectivity index (χ4n) is 4.58. The van der Waals surface area contributed by atoms with Crippen LogP contribution in [0.25, 0.3) is 11.5 Å². The maximum atomic E-state index is 12.6. The monoisotopic (exact) mass is 740 g/mol. The summed E-state index contributed by atoms with van der Waals surface area (Å²) in [6.07, 6.45) is -6.19. The van der Waals surface area contributed by atoms with Gasteiger partial charge in [-0.1, -0.05) is 11.8 Å². The molecule has 3 heterocycles. The molecule has 51 heavy (non-hydrogen) atoms. The number of aryl methyl sites for hydroxylation is 1. The van der Waals surface area contributed by atoms with E-state index in [1.165, 1.54) is 13.8 Å². The van der Waals surface area contributed by atoms with Gasteiger partial charge in [0.25, 0.3) is 17.0 Å². The van der Waals surface area contributed by atoms with E-state index >= 15 is 0 Å². The number of carbonyl (C=O) groups is 7. The van der Waals surface area contributed by atoms with Crippen molar-refractivity contribution < 1.29 is 75.6 Å². The molecule has 6 atom stereocenters. The van der Waals surface area contributed by atoms with Crippen LogP contribution in [-0.2, 0) is 66.7 Å². The summed E-state index contributed by atoms with van der Waals surface area (Å²) in [6, 6.07) is 1.55. The van der Waals surface area contributed by atoms with E-state index in [2.05, 4.69) is 20.7 Å². The average molecular weight is 741 g/mol. The van der Waals surface area contributed by atoms with Gasteiger partial charge in [0.15, 0.2) is 36.6 Å². The van der Waals surface area contributed by atoms with E-state index in [1.807, 2.05) is 0 Å². The minimum Gasteiger partial charge on any atom is -0.463 e. The Kier molecular flexibility index (Phi) is 14.6. The molecule has 0 aromatic carbocycles. The molecule has 1 saturated heterocycles. The van der Waals surface area contributed by atoms with Gasteiger partial charge in [-0.3, -0.25) is 33.6 Å². The van der Waals surface area contributed by atoms with Crippen LogP contribution in [0.2, 0.25) is 0 Å². The highest BCUT2D eigenvalue weighted by Gasteiger charge is 2.45. The third-order valence-electron chi connectivity index (χ3n) is 6.38. The van der Waals surface area contributed by atoms with Crippen molar-refractivity contribution in [3.8, 4) is 11.5 Å². The van der Waals surface area contributed by atoms with Crippen molar-refractivity contribution in [2.24, 2.45) is 5.10 Å². The van der Waals surface area contributed by atoms with Crippen LogP contribution in [0, 0.1) is 6.92 Å². The molecular formula is C30H36N4O16S. The van der Waals surface area contributed by atoms with Gasteiger partial charge in [-0.25, -0.2) is 5.43 Å². The zero-order valence-electron chi connectivity index (χ0n) is 28.5. The summed E-state index contributed by atoms with van der Waals surface area (Å²) in [7, 11) is 0. The van der Waals surface area contributed by atoms with Gasteiger partial charge in [0.2, 0.25) is 0 Å². The Morgan fingerprint density at radius 1 is 0.902 bits per heavy atom. The molecule has 1 fully saturated rings. The first-order valence-corrected chi connectivity index (χ1v) is 16.0. The molecule has 1 N–H and O–H groups in total. The molecule has 1 amide bonds. The molecule has 2 aromatic rings. The zero-order chi connectivity index (χ0) is 37.8. The van der Waals surface area contributed by atoms with Gasteiger partial charge in [-0.05, 0) is 13.0 Å². The SMILES string of the molecule is CC(=O)OC[C@@H](OC(C)=O)[C@@H](OC(C)=O)[C@H](/C=N/NC(=O)CSc1nnc(-c2cc([C@@H]3OC[C@@H](OC(C)=O)[C@H]3OC(C)=O)oc2C)o1)OC(C)=O. The first kappa shape index (κ1) is 40.1. The molecule has 21 heteroatoms. The minimum absolute atomic E-state index is 0.00138. The molecular weight excluding hydrogens is 704 g/mol. The van der Waals surface area contributed by atoms with Crippen LogP contribution in [0.3, 0.4) is 0 Å². The third-order valence-corrected chi connectivity index (χ3v) is 7.20. The molecule has 0 aliphatic carbocycles. The van der Waals surface area contributed by atoms with Gasteiger partial charge in [0, 0.05) is 41.5 Å². The fraction of sp³-hybridized carbons (Fsp3) is 0.533. The van der Waals surface area contributed by atoms with Crippen molar-refractivity contribution >= 4 is 59.7 Å². The molecule has 0 radical (unpaired) electrons. The summed E-state index contributed by atoms with van der Waals surface area (Å²) in [5, 5.41) is 11.7. The maximum absolute atomic E-state index is 12.6. The number of rotatable bonds is 16. The number of hydrogen-bond donors (Lipinski definition) is 1. The predicted molar refractivity (Wildman–Crippen MR) is 167 cm³/mol. The summed E-state index contributed by atoms with van der Waals surface area (Å²) in [5.74, 6) is -4.70. The van der Waals surface area contributed by atoms with Crippen molar-refractivity contribution in [3.05, 3.63) is 17.6 Å². The van der Waals surface area contributed by atoms with Crippen LogP contribution in [0.4, 0.5) is 0 Å². The van der Waals surface area contributed by atoms with Gasteiger partial charge in [0.1, 0.15) is 18.1 Å². The number of furan rings is 1. The highest BCUT2D eigenvalue weighted by molar-refractivity contribution is 7.99. The molecule has 1 aliphatic heterocycles. The topological polar surface area (TPSA) is 261 Å². The molecule has 0 unspecified atom stereocenters. The maximum Gasteiger partial charge on any atom is 0.303 e. The number of hydrogen-bond acceptors (Lipinski definition) is 20.